The summed E-state index contributed by atoms with van der Waals surface area (Å²) in [5.41, 5.74) is 1.52. The van der Waals surface area contributed by atoms with E-state index in [9.17, 15) is 0 Å². The summed E-state index contributed by atoms with van der Waals surface area (Å²) in [4.78, 5) is 0. The van der Waals surface area contributed by atoms with Gasteiger partial charge in [0.15, 0.2) is 0 Å². The third-order valence-corrected chi connectivity index (χ3v) is 2.49. The number of rotatable bonds is 5. The van der Waals surface area contributed by atoms with E-state index in [1.807, 2.05) is 0 Å². The first-order valence-corrected chi connectivity index (χ1v) is 5.54. The zero-order valence-corrected chi connectivity index (χ0v) is 9.45. The molecule has 0 aliphatic heterocycles. The van der Waals surface area contributed by atoms with Gasteiger partial charge in [0.05, 0.1) is 0 Å². The van der Waals surface area contributed by atoms with Crippen molar-refractivity contribution in [3.63, 3.8) is 0 Å². The van der Waals surface area contributed by atoms with E-state index >= 15 is 0 Å². The van der Waals surface area contributed by atoms with Crippen molar-refractivity contribution in [2.24, 2.45) is 5.92 Å². The molecule has 0 saturated heterocycles. The molecule has 0 aromatic carbocycles. The molecule has 0 bridgehead atoms. The van der Waals surface area contributed by atoms with Crippen molar-refractivity contribution in [3.8, 4) is 0 Å². The molecule has 0 heterocycles. The third-order valence-electron chi connectivity index (χ3n) is 2.03. The Bertz CT molecular complexity index is 116. The van der Waals surface area contributed by atoms with Gasteiger partial charge in [-0.05, 0) is 32.1 Å². The summed E-state index contributed by atoms with van der Waals surface area (Å²) < 4.78 is 0. The molecule has 0 spiro atoms. The van der Waals surface area contributed by atoms with Crippen LogP contribution in [-0.2, 0) is 0 Å². The minimum absolute atomic E-state index is 0.830. The van der Waals surface area contributed by atoms with E-state index in [2.05, 4.69) is 42.8 Å². The Kier molecular flexibility index (Phi) is 7.04. The first-order chi connectivity index (χ1) is 5.20. The molecule has 0 N–H and O–H groups in total. The summed E-state index contributed by atoms with van der Waals surface area (Å²) in [6.07, 6.45) is 6.09. The average molecular weight is 219 g/mol. The molecule has 1 unspecified atom stereocenters. The molecule has 11 heavy (non-hydrogen) atoms. The lowest BCUT2D eigenvalue weighted by Crippen LogP contribution is -1.93. The van der Waals surface area contributed by atoms with Crippen LogP contribution in [0.2, 0.25) is 0 Å². The predicted molar refractivity (Wildman–Crippen MR) is 56.2 cm³/mol. The summed E-state index contributed by atoms with van der Waals surface area (Å²) >= 11 is 3.45. The maximum atomic E-state index is 3.45. The molecule has 0 amide bonds. The number of hydrogen-bond donors (Lipinski definition) is 0. The van der Waals surface area contributed by atoms with E-state index in [4.69, 9.17) is 0 Å². The Morgan fingerprint density at radius 2 is 2.18 bits per heavy atom. The van der Waals surface area contributed by atoms with Gasteiger partial charge in [0.1, 0.15) is 0 Å². The lowest BCUT2D eigenvalue weighted by atomic mass is 10.0. The fourth-order valence-corrected chi connectivity index (χ4v) is 1.63. The monoisotopic (exact) mass is 218 g/mol. The maximum Gasteiger partial charge on any atom is 0.00339 e. The molecule has 0 rings (SSSR count). The van der Waals surface area contributed by atoms with Crippen molar-refractivity contribution in [3.05, 3.63) is 11.6 Å². The minimum atomic E-state index is 0.830. The second-order valence-corrected chi connectivity index (χ2v) is 4.02. The molecule has 0 aliphatic carbocycles. The van der Waals surface area contributed by atoms with Gasteiger partial charge in [-0.15, -0.1) is 0 Å². The predicted octanol–water partition coefficient (Wildman–Crippen LogP) is 4.15. The normalized spacial score (nSPS) is 15.1. The fourth-order valence-electron chi connectivity index (χ4n) is 0.851. The first-order valence-electron chi connectivity index (χ1n) is 4.42. The molecule has 1 heteroatoms. The molecule has 0 saturated carbocycles. The van der Waals surface area contributed by atoms with Crippen LogP contribution in [-0.4, -0.2) is 5.33 Å². The summed E-state index contributed by atoms with van der Waals surface area (Å²) in [5.74, 6) is 0.830. The maximum absolute atomic E-state index is 3.45. The second kappa shape index (κ2) is 6.90. The second-order valence-electron chi connectivity index (χ2n) is 3.22. The van der Waals surface area contributed by atoms with Gasteiger partial charge in [0.25, 0.3) is 0 Å². The van der Waals surface area contributed by atoms with Crippen LogP contribution in [0.3, 0.4) is 0 Å². The molecule has 0 fully saturated rings. The zero-order chi connectivity index (χ0) is 8.69. The van der Waals surface area contributed by atoms with Crippen LogP contribution in [0.15, 0.2) is 11.6 Å². The molecule has 0 aliphatic rings. The standard InChI is InChI=1S/C10H19Br/c1-4-9(2)5-6-10(3)7-8-11/h5,10H,4,6-8H2,1-3H3. The minimum Gasteiger partial charge on any atom is -0.0928 e. The molecule has 0 radical (unpaired) electrons. The van der Waals surface area contributed by atoms with Gasteiger partial charge < -0.3 is 0 Å². The van der Waals surface area contributed by atoms with Crippen molar-refractivity contribution in [2.75, 3.05) is 5.33 Å². The lowest BCUT2D eigenvalue weighted by Gasteiger charge is -2.05. The van der Waals surface area contributed by atoms with Crippen LogP contribution in [0.5, 0.6) is 0 Å². The van der Waals surface area contributed by atoms with Crippen molar-refractivity contribution in [1.82, 2.24) is 0 Å². The third kappa shape index (κ3) is 6.61. The van der Waals surface area contributed by atoms with Gasteiger partial charge in [-0.1, -0.05) is 41.4 Å². The quantitative estimate of drug-likeness (QED) is 0.481. The smallest absolute Gasteiger partial charge is 0.00339 e. The van der Waals surface area contributed by atoms with Crippen LogP contribution in [0.25, 0.3) is 0 Å². The summed E-state index contributed by atoms with van der Waals surface area (Å²) in [6, 6.07) is 0. The zero-order valence-electron chi connectivity index (χ0n) is 7.86. The van der Waals surface area contributed by atoms with E-state index in [1.54, 1.807) is 0 Å². The Labute approximate surface area is 79.2 Å². The molecule has 0 aromatic rings. The van der Waals surface area contributed by atoms with E-state index in [-0.39, 0.29) is 0 Å². The van der Waals surface area contributed by atoms with Crippen molar-refractivity contribution in [2.45, 2.75) is 40.0 Å². The fraction of sp³-hybridized carbons (Fsp3) is 0.800. The highest BCUT2D eigenvalue weighted by atomic mass is 79.9. The average Bonchev–Trinajstić information content (AvgIpc) is 2.01. The van der Waals surface area contributed by atoms with E-state index in [0.717, 1.165) is 11.2 Å². The van der Waals surface area contributed by atoms with Gasteiger partial charge in [-0.2, -0.15) is 0 Å². The summed E-state index contributed by atoms with van der Waals surface area (Å²) in [5, 5.41) is 1.13. The number of allylic oxidation sites excluding steroid dienone is 2. The summed E-state index contributed by atoms with van der Waals surface area (Å²) in [7, 11) is 0. The largest absolute Gasteiger partial charge is 0.0928 e. The highest BCUT2D eigenvalue weighted by Gasteiger charge is 1.97. The Hall–Kier alpha value is 0.220. The van der Waals surface area contributed by atoms with Crippen molar-refractivity contribution in [1.29, 1.82) is 0 Å². The molecule has 1 atom stereocenters. The highest BCUT2D eigenvalue weighted by Crippen LogP contribution is 2.12. The van der Waals surface area contributed by atoms with Gasteiger partial charge in [0, 0.05) is 5.33 Å². The van der Waals surface area contributed by atoms with Crippen LogP contribution in [0, 0.1) is 5.92 Å². The molecule has 0 nitrogen and oxygen atoms in total. The number of halogens is 1. The van der Waals surface area contributed by atoms with Gasteiger partial charge in [-0.25, -0.2) is 0 Å². The highest BCUT2D eigenvalue weighted by molar-refractivity contribution is 9.09. The summed E-state index contributed by atoms with van der Waals surface area (Å²) in [6.45, 7) is 6.72. The van der Waals surface area contributed by atoms with Crippen molar-refractivity contribution < 1.29 is 0 Å². The first kappa shape index (κ1) is 11.2. The SMILES string of the molecule is CCC(C)=CCC(C)CCBr. The van der Waals surface area contributed by atoms with E-state index < -0.39 is 0 Å². The Morgan fingerprint density at radius 3 is 2.64 bits per heavy atom. The molecule has 66 valence electrons. The molecular weight excluding hydrogens is 200 g/mol. The van der Waals surface area contributed by atoms with Crippen molar-refractivity contribution >= 4 is 15.9 Å². The Balaban J connectivity index is 3.50. The topological polar surface area (TPSA) is 0 Å². The molecular formula is C10H19Br. The number of alkyl halides is 1. The van der Waals surface area contributed by atoms with Crippen LogP contribution >= 0.6 is 15.9 Å². The van der Waals surface area contributed by atoms with Crippen LogP contribution in [0.4, 0.5) is 0 Å². The molecule has 0 aromatic heterocycles. The Morgan fingerprint density at radius 1 is 1.55 bits per heavy atom. The van der Waals surface area contributed by atoms with E-state index in [1.165, 1.54) is 24.8 Å². The van der Waals surface area contributed by atoms with Gasteiger partial charge in [-0.3, -0.25) is 0 Å². The van der Waals surface area contributed by atoms with Crippen LogP contribution < -0.4 is 0 Å². The van der Waals surface area contributed by atoms with Crippen LogP contribution in [0.1, 0.15) is 40.0 Å². The van der Waals surface area contributed by atoms with Gasteiger partial charge >= 0.3 is 0 Å². The lowest BCUT2D eigenvalue weighted by molar-refractivity contribution is 0.576. The van der Waals surface area contributed by atoms with E-state index in [0.29, 0.717) is 0 Å². The number of hydrogen-bond acceptors (Lipinski definition) is 0. The van der Waals surface area contributed by atoms with Gasteiger partial charge in [0.2, 0.25) is 0 Å².